The lowest BCUT2D eigenvalue weighted by Crippen LogP contribution is -1.91. The van der Waals surface area contributed by atoms with Crippen LogP contribution in [0, 0.1) is 6.92 Å². The second-order valence-corrected chi connectivity index (χ2v) is 6.29. The highest BCUT2D eigenvalue weighted by Gasteiger charge is 2.09. The number of aryl methyl sites for hydroxylation is 1. The molecule has 0 spiro atoms. The van der Waals surface area contributed by atoms with E-state index >= 15 is 0 Å². The number of nitrogens with zero attached hydrogens (tertiary/aromatic N) is 3. The Morgan fingerprint density at radius 3 is 2.59 bits per heavy atom. The van der Waals surface area contributed by atoms with Crippen LogP contribution >= 0.6 is 11.8 Å². The third-order valence-corrected chi connectivity index (χ3v) is 4.74. The van der Waals surface area contributed by atoms with Crippen molar-refractivity contribution in [2.75, 3.05) is 0 Å². The van der Waals surface area contributed by atoms with Crippen molar-refractivity contribution in [1.29, 1.82) is 0 Å². The van der Waals surface area contributed by atoms with Gasteiger partial charge in [-0.2, -0.15) is 0 Å². The van der Waals surface area contributed by atoms with Gasteiger partial charge in [-0.15, -0.1) is 10.2 Å². The summed E-state index contributed by atoms with van der Waals surface area (Å²) in [5, 5.41) is 10.8. The van der Waals surface area contributed by atoms with Gasteiger partial charge in [-0.25, -0.2) is 0 Å². The molecule has 0 amide bonds. The standard InChI is InChI=1S/C18H15N3S/c1-13-6-8-14(9-7-13)12-22-18-20-19-17-11-10-15-4-2-3-5-16(15)21(17)18/h2-11H,12H2,1H3. The lowest BCUT2D eigenvalue weighted by molar-refractivity contribution is 0.940. The largest absolute Gasteiger partial charge is 0.270 e. The van der Waals surface area contributed by atoms with Crippen molar-refractivity contribution in [1.82, 2.24) is 14.6 Å². The van der Waals surface area contributed by atoms with E-state index in [9.17, 15) is 0 Å². The van der Waals surface area contributed by atoms with Crippen LogP contribution in [0.1, 0.15) is 11.1 Å². The Kier molecular flexibility index (Phi) is 3.31. The summed E-state index contributed by atoms with van der Waals surface area (Å²) in [7, 11) is 0. The summed E-state index contributed by atoms with van der Waals surface area (Å²) in [6.45, 7) is 2.11. The molecule has 108 valence electrons. The summed E-state index contributed by atoms with van der Waals surface area (Å²) in [6, 6.07) is 21.1. The first-order valence-corrected chi connectivity index (χ1v) is 8.21. The molecule has 0 fully saturated rings. The Morgan fingerprint density at radius 1 is 0.909 bits per heavy atom. The quantitative estimate of drug-likeness (QED) is 0.523. The van der Waals surface area contributed by atoms with E-state index in [0.29, 0.717) is 0 Å². The number of hydrogen-bond donors (Lipinski definition) is 0. The monoisotopic (exact) mass is 305 g/mol. The molecule has 0 radical (unpaired) electrons. The van der Waals surface area contributed by atoms with Crippen molar-refractivity contribution in [3.63, 3.8) is 0 Å². The van der Waals surface area contributed by atoms with Crippen LogP contribution in [0.2, 0.25) is 0 Å². The van der Waals surface area contributed by atoms with Crippen molar-refractivity contribution in [2.45, 2.75) is 17.8 Å². The molecule has 0 aliphatic carbocycles. The second kappa shape index (κ2) is 5.46. The van der Waals surface area contributed by atoms with Crippen LogP contribution in [0.5, 0.6) is 0 Å². The Hall–Kier alpha value is -2.33. The molecular weight excluding hydrogens is 290 g/mol. The lowest BCUT2D eigenvalue weighted by Gasteiger charge is -2.05. The SMILES string of the molecule is Cc1ccc(CSc2nnc3ccc4ccccc4n23)cc1. The van der Waals surface area contributed by atoms with Crippen LogP contribution in [-0.4, -0.2) is 14.6 Å². The van der Waals surface area contributed by atoms with Gasteiger partial charge in [0, 0.05) is 5.75 Å². The maximum absolute atomic E-state index is 4.35. The lowest BCUT2D eigenvalue weighted by atomic mass is 10.2. The van der Waals surface area contributed by atoms with Crippen molar-refractivity contribution in [3.05, 3.63) is 71.8 Å². The molecular formula is C18H15N3S. The highest BCUT2D eigenvalue weighted by molar-refractivity contribution is 7.98. The van der Waals surface area contributed by atoms with E-state index in [1.54, 1.807) is 11.8 Å². The number of para-hydroxylation sites is 1. The van der Waals surface area contributed by atoms with E-state index in [0.717, 1.165) is 22.1 Å². The van der Waals surface area contributed by atoms with Gasteiger partial charge in [-0.1, -0.05) is 59.8 Å². The molecule has 4 aromatic rings. The molecule has 0 aliphatic rings. The van der Waals surface area contributed by atoms with Crippen molar-refractivity contribution in [2.24, 2.45) is 0 Å². The summed E-state index contributed by atoms with van der Waals surface area (Å²) in [5.74, 6) is 0.893. The molecule has 0 bridgehead atoms. The van der Waals surface area contributed by atoms with Crippen LogP contribution in [0.25, 0.3) is 16.6 Å². The van der Waals surface area contributed by atoms with Crippen LogP contribution in [0.4, 0.5) is 0 Å². The number of thioether (sulfide) groups is 1. The first kappa shape index (κ1) is 13.3. The van der Waals surface area contributed by atoms with Gasteiger partial charge in [-0.3, -0.25) is 4.40 Å². The van der Waals surface area contributed by atoms with Gasteiger partial charge in [0.15, 0.2) is 10.8 Å². The van der Waals surface area contributed by atoms with Crippen molar-refractivity contribution in [3.8, 4) is 0 Å². The maximum Gasteiger partial charge on any atom is 0.196 e. The van der Waals surface area contributed by atoms with E-state index in [-0.39, 0.29) is 0 Å². The number of aromatic nitrogens is 3. The van der Waals surface area contributed by atoms with E-state index in [1.165, 1.54) is 16.5 Å². The number of hydrogen-bond acceptors (Lipinski definition) is 3. The van der Waals surface area contributed by atoms with Crippen LogP contribution in [-0.2, 0) is 5.75 Å². The van der Waals surface area contributed by atoms with Gasteiger partial charge in [0.05, 0.1) is 5.52 Å². The zero-order chi connectivity index (χ0) is 14.9. The fraction of sp³-hybridized carbons (Fsp3) is 0.111. The van der Waals surface area contributed by atoms with Crippen molar-refractivity contribution < 1.29 is 0 Å². The van der Waals surface area contributed by atoms with E-state index in [4.69, 9.17) is 0 Å². The molecule has 2 heterocycles. The molecule has 0 saturated carbocycles. The van der Waals surface area contributed by atoms with Gasteiger partial charge >= 0.3 is 0 Å². The van der Waals surface area contributed by atoms with E-state index in [2.05, 4.69) is 76.1 Å². The summed E-state index contributed by atoms with van der Waals surface area (Å²) in [6.07, 6.45) is 0. The minimum Gasteiger partial charge on any atom is -0.270 e. The minimum atomic E-state index is 0.893. The fourth-order valence-electron chi connectivity index (χ4n) is 2.54. The Balaban J connectivity index is 1.72. The summed E-state index contributed by atoms with van der Waals surface area (Å²) >= 11 is 1.72. The third kappa shape index (κ3) is 2.35. The molecule has 0 saturated heterocycles. The second-order valence-electron chi connectivity index (χ2n) is 5.34. The smallest absolute Gasteiger partial charge is 0.196 e. The van der Waals surface area contributed by atoms with Gasteiger partial charge in [0.2, 0.25) is 0 Å². The molecule has 22 heavy (non-hydrogen) atoms. The zero-order valence-corrected chi connectivity index (χ0v) is 13.0. The molecule has 0 atom stereocenters. The van der Waals surface area contributed by atoms with Crippen molar-refractivity contribution >= 4 is 28.3 Å². The zero-order valence-electron chi connectivity index (χ0n) is 12.2. The number of fused-ring (bicyclic) bond motifs is 3. The average Bonchev–Trinajstić information content (AvgIpc) is 2.98. The Morgan fingerprint density at radius 2 is 1.73 bits per heavy atom. The predicted molar refractivity (Wildman–Crippen MR) is 91.2 cm³/mol. The predicted octanol–water partition coefficient (Wildman–Crippen LogP) is 4.48. The summed E-state index contributed by atoms with van der Waals surface area (Å²) in [4.78, 5) is 0. The Labute approximate surface area is 133 Å². The minimum absolute atomic E-state index is 0.893. The van der Waals surface area contributed by atoms with Gasteiger partial charge < -0.3 is 0 Å². The van der Waals surface area contributed by atoms with Gasteiger partial charge in [-0.05, 0) is 36.1 Å². The molecule has 2 aromatic heterocycles. The molecule has 0 unspecified atom stereocenters. The highest BCUT2D eigenvalue weighted by atomic mass is 32.2. The molecule has 0 aliphatic heterocycles. The molecule has 4 heteroatoms. The van der Waals surface area contributed by atoms with Gasteiger partial charge in [0.1, 0.15) is 0 Å². The molecule has 3 nitrogen and oxygen atoms in total. The van der Waals surface area contributed by atoms with Crippen LogP contribution in [0.3, 0.4) is 0 Å². The normalized spacial score (nSPS) is 11.3. The molecule has 2 aromatic carbocycles. The third-order valence-electron chi connectivity index (χ3n) is 3.74. The first-order valence-electron chi connectivity index (χ1n) is 7.22. The maximum atomic E-state index is 4.35. The van der Waals surface area contributed by atoms with E-state index in [1.807, 2.05) is 6.07 Å². The summed E-state index contributed by atoms with van der Waals surface area (Å²) < 4.78 is 2.13. The van der Waals surface area contributed by atoms with Crippen LogP contribution in [0.15, 0.2) is 65.8 Å². The average molecular weight is 305 g/mol. The molecule has 4 rings (SSSR count). The highest BCUT2D eigenvalue weighted by Crippen LogP contribution is 2.25. The van der Waals surface area contributed by atoms with Gasteiger partial charge in [0.25, 0.3) is 0 Å². The Bertz CT molecular complexity index is 942. The number of benzene rings is 2. The number of pyridine rings is 1. The van der Waals surface area contributed by atoms with Crippen LogP contribution < -0.4 is 0 Å². The van der Waals surface area contributed by atoms with E-state index < -0.39 is 0 Å². The molecule has 0 N–H and O–H groups in total. The first-order chi connectivity index (χ1) is 10.8. The number of rotatable bonds is 3. The topological polar surface area (TPSA) is 30.2 Å². The summed E-state index contributed by atoms with van der Waals surface area (Å²) in [5.41, 5.74) is 4.63. The fourth-order valence-corrected chi connectivity index (χ4v) is 3.45.